The summed E-state index contributed by atoms with van der Waals surface area (Å²) in [5.41, 5.74) is 0.486. The number of nitrogens with zero attached hydrogens (tertiary/aromatic N) is 3. The molecule has 0 saturated heterocycles. The summed E-state index contributed by atoms with van der Waals surface area (Å²) in [6.07, 6.45) is 5.88. The molecule has 0 fully saturated rings. The number of thioether (sulfide) groups is 1. The van der Waals surface area contributed by atoms with Crippen molar-refractivity contribution in [2.75, 3.05) is 24.4 Å². The standard InChI is InChI=1S/C12H20N4O3S/c1-9(4-5-20-3)15(2)12(19)14-10-6-13-16(7-10)8-11(17)18/h6-7,9H,4-5,8H2,1-3H3,(H,14,19)(H,17,18). The topological polar surface area (TPSA) is 87.5 Å². The lowest BCUT2D eigenvalue weighted by Gasteiger charge is -2.24. The molecule has 0 aliphatic heterocycles. The van der Waals surface area contributed by atoms with E-state index in [1.165, 1.54) is 17.1 Å². The van der Waals surface area contributed by atoms with Crippen molar-refractivity contribution in [3.8, 4) is 0 Å². The number of nitrogens with one attached hydrogen (secondary N) is 1. The molecule has 2 N–H and O–H groups in total. The third kappa shape index (κ3) is 5.12. The van der Waals surface area contributed by atoms with Crippen molar-refractivity contribution in [2.24, 2.45) is 0 Å². The van der Waals surface area contributed by atoms with Crippen LogP contribution < -0.4 is 5.32 Å². The normalized spacial score (nSPS) is 11.9. The monoisotopic (exact) mass is 300 g/mol. The number of anilines is 1. The molecule has 1 heterocycles. The van der Waals surface area contributed by atoms with Crippen LogP contribution in [0.1, 0.15) is 13.3 Å². The smallest absolute Gasteiger partial charge is 0.325 e. The van der Waals surface area contributed by atoms with Gasteiger partial charge < -0.3 is 15.3 Å². The van der Waals surface area contributed by atoms with Gasteiger partial charge in [-0.2, -0.15) is 16.9 Å². The fraction of sp³-hybridized carbons (Fsp3) is 0.583. The minimum Gasteiger partial charge on any atom is -0.480 e. The van der Waals surface area contributed by atoms with Crippen LogP contribution in [-0.2, 0) is 11.3 Å². The second-order valence-electron chi connectivity index (χ2n) is 4.49. The average Bonchev–Trinajstić information content (AvgIpc) is 2.81. The van der Waals surface area contributed by atoms with E-state index in [1.807, 2.05) is 13.2 Å². The zero-order valence-corrected chi connectivity index (χ0v) is 12.7. The van der Waals surface area contributed by atoms with Gasteiger partial charge in [-0.1, -0.05) is 0 Å². The highest BCUT2D eigenvalue weighted by atomic mass is 32.2. The SMILES string of the molecule is CSCCC(C)N(C)C(=O)Nc1cnn(CC(=O)O)c1. The highest BCUT2D eigenvalue weighted by Gasteiger charge is 2.16. The Morgan fingerprint density at radius 2 is 2.30 bits per heavy atom. The number of amides is 2. The van der Waals surface area contributed by atoms with Crippen LogP contribution in [0, 0.1) is 0 Å². The fourth-order valence-corrected chi connectivity index (χ4v) is 2.12. The molecule has 8 heteroatoms. The van der Waals surface area contributed by atoms with Crippen LogP contribution in [0.25, 0.3) is 0 Å². The molecule has 0 spiro atoms. The predicted molar refractivity (Wildman–Crippen MR) is 79.1 cm³/mol. The minimum absolute atomic E-state index is 0.136. The molecule has 0 aliphatic rings. The molecule has 112 valence electrons. The van der Waals surface area contributed by atoms with Crippen LogP contribution in [-0.4, -0.2) is 56.9 Å². The van der Waals surface area contributed by atoms with E-state index >= 15 is 0 Å². The molecule has 0 bridgehead atoms. The van der Waals surface area contributed by atoms with Gasteiger partial charge in [0.1, 0.15) is 6.54 Å². The Kier molecular flexibility index (Phi) is 6.37. The summed E-state index contributed by atoms with van der Waals surface area (Å²) in [6, 6.07) is -0.0926. The van der Waals surface area contributed by atoms with E-state index in [0.29, 0.717) is 5.69 Å². The van der Waals surface area contributed by atoms with Crippen molar-refractivity contribution in [1.82, 2.24) is 14.7 Å². The van der Waals surface area contributed by atoms with Gasteiger partial charge >= 0.3 is 12.0 Å². The zero-order chi connectivity index (χ0) is 15.1. The third-order valence-corrected chi connectivity index (χ3v) is 3.55. The number of carboxylic acids is 1. The van der Waals surface area contributed by atoms with E-state index < -0.39 is 5.97 Å². The zero-order valence-electron chi connectivity index (χ0n) is 11.9. The Balaban J connectivity index is 2.52. The number of rotatable bonds is 7. The van der Waals surface area contributed by atoms with Crippen LogP contribution in [0.3, 0.4) is 0 Å². The van der Waals surface area contributed by atoms with E-state index in [9.17, 15) is 9.59 Å². The molecule has 20 heavy (non-hydrogen) atoms. The van der Waals surface area contributed by atoms with Crippen molar-refractivity contribution >= 4 is 29.4 Å². The Morgan fingerprint density at radius 1 is 1.60 bits per heavy atom. The van der Waals surface area contributed by atoms with Crippen molar-refractivity contribution in [3.05, 3.63) is 12.4 Å². The van der Waals surface area contributed by atoms with Crippen molar-refractivity contribution < 1.29 is 14.7 Å². The van der Waals surface area contributed by atoms with Gasteiger partial charge in [-0.05, 0) is 25.4 Å². The van der Waals surface area contributed by atoms with Gasteiger partial charge in [-0.3, -0.25) is 9.48 Å². The van der Waals surface area contributed by atoms with E-state index in [2.05, 4.69) is 10.4 Å². The number of aliphatic carboxylic acids is 1. The van der Waals surface area contributed by atoms with Gasteiger partial charge in [0.05, 0.1) is 11.9 Å². The lowest BCUT2D eigenvalue weighted by atomic mass is 10.2. The van der Waals surface area contributed by atoms with Crippen LogP contribution in [0.4, 0.5) is 10.5 Å². The van der Waals surface area contributed by atoms with Crippen molar-refractivity contribution in [3.63, 3.8) is 0 Å². The summed E-state index contributed by atoms with van der Waals surface area (Å²) in [7, 11) is 1.74. The first-order valence-corrected chi connectivity index (χ1v) is 7.60. The van der Waals surface area contributed by atoms with Crippen molar-refractivity contribution in [1.29, 1.82) is 0 Å². The number of hydrogen-bond donors (Lipinski definition) is 2. The molecule has 0 aromatic carbocycles. The number of carbonyl (C=O) groups excluding carboxylic acids is 1. The molecule has 1 atom stereocenters. The predicted octanol–water partition coefficient (Wildman–Crippen LogP) is 1.57. The second kappa shape index (κ2) is 7.78. The summed E-state index contributed by atoms with van der Waals surface area (Å²) < 4.78 is 1.26. The van der Waals surface area contributed by atoms with E-state index in [1.54, 1.807) is 23.7 Å². The largest absolute Gasteiger partial charge is 0.480 e. The Labute approximate surface area is 122 Å². The van der Waals surface area contributed by atoms with E-state index in [0.717, 1.165) is 12.2 Å². The van der Waals surface area contributed by atoms with E-state index in [4.69, 9.17) is 5.11 Å². The third-order valence-electron chi connectivity index (χ3n) is 2.90. The van der Waals surface area contributed by atoms with Gasteiger partial charge in [0, 0.05) is 19.3 Å². The van der Waals surface area contributed by atoms with Gasteiger partial charge in [0.2, 0.25) is 0 Å². The highest BCUT2D eigenvalue weighted by molar-refractivity contribution is 7.98. The van der Waals surface area contributed by atoms with Crippen LogP contribution in [0.5, 0.6) is 0 Å². The van der Waals surface area contributed by atoms with E-state index in [-0.39, 0.29) is 18.6 Å². The van der Waals surface area contributed by atoms with Gasteiger partial charge in [0.15, 0.2) is 0 Å². The fourth-order valence-electron chi connectivity index (χ4n) is 1.55. The second-order valence-corrected chi connectivity index (χ2v) is 5.48. The average molecular weight is 300 g/mol. The molecule has 0 radical (unpaired) electrons. The molecule has 1 unspecified atom stereocenters. The Morgan fingerprint density at radius 3 is 2.90 bits per heavy atom. The first-order valence-electron chi connectivity index (χ1n) is 6.21. The number of urea groups is 1. The molecule has 0 saturated carbocycles. The van der Waals surface area contributed by atoms with Crippen LogP contribution >= 0.6 is 11.8 Å². The number of hydrogen-bond acceptors (Lipinski definition) is 4. The summed E-state index contributed by atoms with van der Waals surface area (Å²) in [6.45, 7) is 1.76. The number of carbonyl (C=O) groups is 2. The summed E-state index contributed by atoms with van der Waals surface area (Å²) in [5, 5.41) is 15.2. The maximum absolute atomic E-state index is 12.0. The summed E-state index contributed by atoms with van der Waals surface area (Å²) in [5.74, 6) is 0.0174. The molecule has 2 amide bonds. The lowest BCUT2D eigenvalue weighted by Crippen LogP contribution is -2.38. The number of carboxylic acid groups (broad SMARTS) is 1. The first-order chi connectivity index (χ1) is 9.43. The Hall–Kier alpha value is -1.70. The van der Waals surface area contributed by atoms with Gasteiger partial charge in [-0.15, -0.1) is 0 Å². The summed E-state index contributed by atoms with van der Waals surface area (Å²) in [4.78, 5) is 24.2. The quantitative estimate of drug-likeness (QED) is 0.798. The molecule has 0 aliphatic carbocycles. The minimum atomic E-state index is -0.978. The highest BCUT2D eigenvalue weighted by Crippen LogP contribution is 2.10. The molecular weight excluding hydrogens is 280 g/mol. The van der Waals surface area contributed by atoms with Gasteiger partial charge in [0.25, 0.3) is 0 Å². The van der Waals surface area contributed by atoms with Gasteiger partial charge in [-0.25, -0.2) is 4.79 Å². The molecule has 7 nitrogen and oxygen atoms in total. The maximum atomic E-state index is 12.0. The molecule has 1 aromatic heterocycles. The lowest BCUT2D eigenvalue weighted by molar-refractivity contribution is -0.137. The first kappa shape index (κ1) is 16.4. The Bertz CT molecular complexity index is 463. The molecule has 1 rings (SSSR count). The summed E-state index contributed by atoms with van der Waals surface area (Å²) >= 11 is 1.74. The molecule has 1 aromatic rings. The molecular formula is C12H20N4O3S. The van der Waals surface area contributed by atoms with Crippen LogP contribution in [0.15, 0.2) is 12.4 Å². The van der Waals surface area contributed by atoms with Crippen molar-refractivity contribution in [2.45, 2.75) is 25.9 Å². The van der Waals surface area contributed by atoms with Crippen LogP contribution in [0.2, 0.25) is 0 Å². The maximum Gasteiger partial charge on any atom is 0.325 e. The number of aromatic nitrogens is 2.